The third-order valence-corrected chi connectivity index (χ3v) is 5.50. The molecule has 4 heterocycles. The van der Waals surface area contributed by atoms with Gasteiger partial charge in [-0.3, -0.25) is 9.13 Å². The van der Waals surface area contributed by atoms with E-state index in [4.69, 9.17) is 0 Å². The van der Waals surface area contributed by atoms with Crippen LogP contribution in [0.4, 0.5) is 23.4 Å². The molecule has 1 atom stereocenters. The van der Waals surface area contributed by atoms with E-state index >= 15 is 0 Å². The lowest BCUT2D eigenvalue weighted by Crippen LogP contribution is -2.38. The van der Waals surface area contributed by atoms with Gasteiger partial charge in [0, 0.05) is 24.5 Å². The van der Waals surface area contributed by atoms with Gasteiger partial charge < -0.3 is 4.90 Å². The van der Waals surface area contributed by atoms with Gasteiger partial charge in [-0.05, 0) is 30.7 Å². The van der Waals surface area contributed by atoms with Crippen molar-refractivity contribution < 1.29 is 17.6 Å². The quantitative estimate of drug-likeness (QED) is 0.416. The fourth-order valence-corrected chi connectivity index (χ4v) is 3.99. The van der Waals surface area contributed by atoms with Crippen LogP contribution in [0.3, 0.4) is 0 Å². The topological polar surface area (TPSA) is 77.5 Å². The maximum absolute atomic E-state index is 13.4. The molecule has 0 fully saturated rings. The molecule has 33 heavy (non-hydrogen) atoms. The Kier molecular flexibility index (Phi) is 5.06. The normalized spacial score (nSPS) is 15.4. The Morgan fingerprint density at radius 2 is 1.85 bits per heavy atom. The highest BCUT2D eigenvalue weighted by molar-refractivity contribution is 5.63. The third-order valence-electron chi connectivity index (χ3n) is 5.50. The fraction of sp³-hybridized carbons (Fsp3) is 0.286. The van der Waals surface area contributed by atoms with E-state index in [2.05, 4.69) is 25.1 Å². The number of aromatic nitrogens is 7. The Labute approximate surface area is 185 Å². The molecule has 0 radical (unpaired) electrons. The lowest BCUT2D eigenvalue weighted by atomic mass is 10.1. The predicted octanol–water partition coefficient (Wildman–Crippen LogP) is 4.27. The van der Waals surface area contributed by atoms with Gasteiger partial charge in [0.25, 0.3) is 0 Å². The molecule has 0 saturated carbocycles. The average molecular weight is 458 g/mol. The van der Waals surface area contributed by atoms with E-state index in [1.807, 2.05) is 6.92 Å². The van der Waals surface area contributed by atoms with Crippen LogP contribution in [0, 0.1) is 5.82 Å². The lowest BCUT2D eigenvalue weighted by Gasteiger charge is -2.37. The largest absolute Gasteiger partial charge is 0.390 e. The van der Waals surface area contributed by atoms with Gasteiger partial charge in [-0.1, -0.05) is 6.92 Å². The predicted molar refractivity (Wildman–Crippen MR) is 111 cm³/mol. The standard InChI is InChI=1S/C21H18F4N8/c1-2-15-19-30-28-12-33(19)16-11-27-20(29-18(16)31(15)9-7-21(23,24)25)32-10-8-26-17(32)13-3-5-14(22)6-4-13/h3-6,8,10-12,15H,2,7,9H2,1H3/t15-/m1/s1. The number of hydrogen-bond donors (Lipinski definition) is 0. The van der Waals surface area contributed by atoms with Crippen molar-refractivity contribution in [2.24, 2.45) is 0 Å². The second-order valence-corrected chi connectivity index (χ2v) is 7.55. The third kappa shape index (κ3) is 3.81. The molecule has 1 aromatic carbocycles. The number of fused-ring (bicyclic) bond motifs is 3. The molecule has 0 saturated heterocycles. The first-order chi connectivity index (χ1) is 15.9. The molecule has 0 amide bonds. The van der Waals surface area contributed by atoms with Crippen molar-refractivity contribution in [3.05, 3.63) is 60.8 Å². The van der Waals surface area contributed by atoms with Gasteiger partial charge in [0.05, 0.1) is 18.7 Å². The summed E-state index contributed by atoms with van der Waals surface area (Å²) in [6.07, 6.45) is 1.43. The molecule has 0 spiro atoms. The van der Waals surface area contributed by atoms with Gasteiger partial charge >= 0.3 is 6.18 Å². The molecule has 8 nitrogen and oxygen atoms in total. The minimum absolute atomic E-state index is 0.231. The Morgan fingerprint density at radius 3 is 2.58 bits per heavy atom. The highest BCUT2D eigenvalue weighted by Crippen LogP contribution is 2.39. The van der Waals surface area contributed by atoms with Crippen LogP contribution in [0.15, 0.2) is 49.2 Å². The number of hydrogen-bond acceptors (Lipinski definition) is 6. The SMILES string of the molecule is CC[C@@H]1c2nncn2-c2cnc(-n3ccnc3-c3ccc(F)cc3)nc2N1CCC(F)(F)F. The van der Waals surface area contributed by atoms with E-state index in [0.717, 1.165) is 0 Å². The smallest absolute Gasteiger partial charge is 0.344 e. The molecule has 1 aliphatic heterocycles. The molecule has 0 unspecified atom stereocenters. The van der Waals surface area contributed by atoms with Crippen molar-refractivity contribution in [3.8, 4) is 23.0 Å². The molecular weight excluding hydrogens is 440 g/mol. The first-order valence-electron chi connectivity index (χ1n) is 10.3. The van der Waals surface area contributed by atoms with Crippen molar-refractivity contribution in [1.29, 1.82) is 0 Å². The van der Waals surface area contributed by atoms with Crippen LogP contribution < -0.4 is 4.90 Å². The van der Waals surface area contributed by atoms with Crippen molar-refractivity contribution in [2.45, 2.75) is 32.0 Å². The van der Waals surface area contributed by atoms with Gasteiger partial charge in [0.15, 0.2) is 11.6 Å². The molecule has 12 heteroatoms. The number of alkyl halides is 3. The number of benzene rings is 1. The molecule has 5 rings (SSSR count). The number of anilines is 1. The summed E-state index contributed by atoms with van der Waals surface area (Å²) in [5.74, 6) is 1.22. The van der Waals surface area contributed by atoms with Crippen LogP contribution >= 0.6 is 0 Å². The average Bonchev–Trinajstić information content (AvgIpc) is 3.47. The van der Waals surface area contributed by atoms with Crippen LogP contribution in [0.25, 0.3) is 23.0 Å². The van der Waals surface area contributed by atoms with Crippen molar-refractivity contribution >= 4 is 5.82 Å². The van der Waals surface area contributed by atoms with Crippen LogP contribution in [0.5, 0.6) is 0 Å². The van der Waals surface area contributed by atoms with Gasteiger partial charge in [-0.15, -0.1) is 10.2 Å². The van der Waals surface area contributed by atoms with E-state index in [9.17, 15) is 17.6 Å². The molecule has 0 bridgehead atoms. The highest BCUT2D eigenvalue weighted by Gasteiger charge is 2.36. The zero-order valence-electron chi connectivity index (χ0n) is 17.4. The molecule has 3 aromatic heterocycles. The maximum atomic E-state index is 13.4. The summed E-state index contributed by atoms with van der Waals surface area (Å²) < 4.78 is 55.9. The number of nitrogens with zero attached hydrogens (tertiary/aromatic N) is 8. The highest BCUT2D eigenvalue weighted by atomic mass is 19.4. The number of halogens is 4. The fourth-order valence-electron chi connectivity index (χ4n) is 3.99. The van der Waals surface area contributed by atoms with Gasteiger partial charge in [0.2, 0.25) is 5.95 Å². The van der Waals surface area contributed by atoms with Gasteiger partial charge in [-0.25, -0.2) is 14.4 Å². The minimum Gasteiger partial charge on any atom is -0.344 e. The zero-order chi connectivity index (χ0) is 23.2. The number of rotatable bonds is 5. The summed E-state index contributed by atoms with van der Waals surface area (Å²) in [6.45, 7) is 1.59. The van der Waals surface area contributed by atoms with E-state index in [-0.39, 0.29) is 18.3 Å². The summed E-state index contributed by atoms with van der Waals surface area (Å²) in [5.41, 5.74) is 1.14. The molecule has 170 valence electrons. The van der Waals surface area contributed by atoms with Crippen molar-refractivity contribution in [3.63, 3.8) is 0 Å². The summed E-state index contributed by atoms with van der Waals surface area (Å²) in [7, 11) is 0. The first-order valence-corrected chi connectivity index (χ1v) is 10.3. The summed E-state index contributed by atoms with van der Waals surface area (Å²) in [4.78, 5) is 15.0. The first kappa shape index (κ1) is 21.0. The zero-order valence-corrected chi connectivity index (χ0v) is 17.4. The van der Waals surface area contributed by atoms with Crippen LogP contribution in [-0.4, -0.2) is 47.0 Å². The monoisotopic (exact) mass is 458 g/mol. The Morgan fingerprint density at radius 1 is 1.06 bits per heavy atom. The molecule has 4 aromatic rings. The van der Waals surface area contributed by atoms with E-state index < -0.39 is 18.6 Å². The Balaban J connectivity index is 1.61. The van der Waals surface area contributed by atoms with Crippen LogP contribution in [-0.2, 0) is 0 Å². The second-order valence-electron chi connectivity index (χ2n) is 7.55. The molecular formula is C21H18F4N8. The Hall–Kier alpha value is -3.83. The van der Waals surface area contributed by atoms with Gasteiger partial charge in [0.1, 0.15) is 23.7 Å². The number of imidazole rings is 1. The Bertz CT molecular complexity index is 1280. The van der Waals surface area contributed by atoms with E-state index in [1.165, 1.54) is 24.7 Å². The lowest BCUT2D eigenvalue weighted by molar-refractivity contribution is -0.132. The van der Waals surface area contributed by atoms with Crippen LogP contribution in [0.1, 0.15) is 31.6 Å². The summed E-state index contributed by atoms with van der Waals surface area (Å²) in [5, 5.41) is 8.06. The van der Waals surface area contributed by atoms with Gasteiger partial charge in [-0.2, -0.15) is 18.2 Å². The van der Waals surface area contributed by atoms with Crippen molar-refractivity contribution in [1.82, 2.24) is 34.3 Å². The molecule has 0 N–H and O–H groups in total. The summed E-state index contributed by atoms with van der Waals surface area (Å²) >= 11 is 0. The minimum atomic E-state index is -4.32. The molecule has 1 aliphatic rings. The van der Waals surface area contributed by atoms with E-state index in [1.54, 1.807) is 38.6 Å². The second kappa shape index (κ2) is 7.94. The van der Waals surface area contributed by atoms with Crippen LogP contribution in [0.2, 0.25) is 0 Å². The summed E-state index contributed by atoms with van der Waals surface area (Å²) in [6, 6.07) is 5.38. The maximum Gasteiger partial charge on any atom is 0.390 e. The molecule has 0 aliphatic carbocycles. The van der Waals surface area contributed by atoms with E-state index in [0.29, 0.717) is 35.1 Å². The van der Waals surface area contributed by atoms with Crippen molar-refractivity contribution in [2.75, 3.05) is 11.4 Å².